The van der Waals surface area contributed by atoms with Gasteiger partial charge in [0.05, 0.1) is 0 Å². The van der Waals surface area contributed by atoms with Gasteiger partial charge >= 0.3 is 5.97 Å². The molecule has 1 N–H and O–H groups in total. The van der Waals surface area contributed by atoms with Crippen molar-refractivity contribution in [1.29, 1.82) is 0 Å². The van der Waals surface area contributed by atoms with Gasteiger partial charge in [-0.1, -0.05) is 19.4 Å². The van der Waals surface area contributed by atoms with Gasteiger partial charge in [-0.05, 0) is 25.0 Å². The molecule has 0 fully saturated rings. The van der Waals surface area contributed by atoms with Gasteiger partial charge in [0.15, 0.2) is 6.10 Å². The normalized spacial score (nSPS) is 12.2. The molecule has 0 aliphatic rings. The first-order valence-electron chi connectivity index (χ1n) is 5.20. The minimum absolute atomic E-state index is 0.254. The largest absolute Gasteiger partial charge is 0.479 e. The molecule has 0 aliphatic carbocycles. The second-order valence-corrected chi connectivity index (χ2v) is 3.64. The van der Waals surface area contributed by atoms with Crippen LogP contribution < -0.4 is 4.74 Å². The van der Waals surface area contributed by atoms with E-state index in [4.69, 9.17) is 9.84 Å². The van der Waals surface area contributed by atoms with Crippen LogP contribution in [0.15, 0.2) is 18.2 Å². The van der Waals surface area contributed by atoms with Crippen molar-refractivity contribution in [2.75, 3.05) is 0 Å². The predicted octanol–water partition coefficient (Wildman–Crippen LogP) is 2.77. The summed E-state index contributed by atoms with van der Waals surface area (Å²) in [6.07, 6.45) is 0.197. The second kappa shape index (κ2) is 5.49. The third kappa shape index (κ3) is 3.22. The van der Waals surface area contributed by atoms with Crippen LogP contribution >= 0.6 is 0 Å². The van der Waals surface area contributed by atoms with Gasteiger partial charge in [0.1, 0.15) is 11.6 Å². The van der Waals surface area contributed by atoms with Gasteiger partial charge < -0.3 is 9.84 Å². The summed E-state index contributed by atoms with van der Waals surface area (Å²) >= 11 is 0. The van der Waals surface area contributed by atoms with Crippen molar-refractivity contribution in [2.45, 2.75) is 32.8 Å². The van der Waals surface area contributed by atoms with Gasteiger partial charge in [-0.25, -0.2) is 9.18 Å². The molecule has 0 saturated heterocycles. The first-order valence-corrected chi connectivity index (χ1v) is 5.20. The van der Waals surface area contributed by atoms with E-state index < -0.39 is 17.9 Å². The number of hydrogen-bond donors (Lipinski definition) is 1. The number of aliphatic carboxylic acids is 1. The quantitative estimate of drug-likeness (QED) is 0.839. The van der Waals surface area contributed by atoms with Crippen LogP contribution in [0.1, 0.15) is 25.3 Å². The molecule has 88 valence electrons. The van der Waals surface area contributed by atoms with Gasteiger partial charge in [0.2, 0.25) is 0 Å². The first kappa shape index (κ1) is 12.5. The van der Waals surface area contributed by atoms with Crippen molar-refractivity contribution in [3.8, 4) is 5.75 Å². The van der Waals surface area contributed by atoms with E-state index in [2.05, 4.69) is 0 Å². The van der Waals surface area contributed by atoms with E-state index in [1.807, 2.05) is 6.92 Å². The van der Waals surface area contributed by atoms with Crippen LogP contribution in [-0.2, 0) is 4.79 Å². The zero-order valence-corrected chi connectivity index (χ0v) is 9.37. The van der Waals surface area contributed by atoms with Crippen LogP contribution in [0.5, 0.6) is 5.75 Å². The molecular formula is C12H15FO3. The number of carbonyl (C=O) groups is 1. The Labute approximate surface area is 93.9 Å². The third-order valence-electron chi connectivity index (χ3n) is 2.25. The van der Waals surface area contributed by atoms with Crippen molar-refractivity contribution < 1.29 is 19.0 Å². The maximum atomic E-state index is 13.2. The van der Waals surface area contributed by atoms with Crippen molar-refractivity contribution >= 4 is 5.97 Å². The van der Waals surface area contributed by atoms with Gasteiger partial charge in [-0.15, -0.1) is 0 Å². The molecule has 1 aromatic rings. The molecule has 0 aliphatic heterocycles. The maximum Gasteiger partial charge on any atom is 0.344 e. The Hall–Kier alpha value is -1.58. The van der Waals surface area contributed by atoms with Crippen LogP contribution in [-0.4, -0.2) is 17.2 Å². The summed E-state index contributed by atoms with van der Waals surface area (Å²) in [7, 11) is 0. The van der Waals surface area contributed by atoms with Crippen molar-refractivity contribution in [1.82, 2.24) is 0 Å². The summed E-state index contributed by atoms with van der Waals surface area (Å²) < 4.78 is 18.4. The molecule has 0 aromatic heterocycles. The third-order valence-corrected chi connectivity index (χ3v) is 2.25. The van der Waals surface area contributed by atoms with E-state index >= 15 is 0 Å². The lowest BCUT2D eigenvalue weighted by molar-refractivity contribution is -0.145. The van der Waals surface area contributed by atoms with Crippen molar-refractivity contribution in [2.24, 2.45) is 0 Å². The molecule has 0 heterocycles. The Morgan fingerprint density at radius 2 is 2.25 bits per heavy atom. The summed E-state index contributed by atoms with van der Waals surface area (Å²) in [5, 5.41) is 8.87. The lowest BCUT2D eigenvalue weighted by Crippen LogP contribution is -2.26. The summed E-state index contributed by atoms with van der Waals surface area (Å²) in [5.74, 6) is -1.16. The SMILES string of the molecule is CCCC(Oc1ccc(C)c(F)c1)C(=O)O. The van der Waals surface area contributed by atoms with Crippen LogP contribution in [0.4, 0.5) is 4.39 Å². The number of hydrogen-bond acceptors (Lipinski definition) is 2. The first-order chi connectivity index (χ1) is 7.54. The Balaban J connectivity index is 2.77. The summed E-state index contributed by atoms with van der Waals surface area (Å²) in [6, 6.07) is 4.35. The molecule has 1 atom stereocenters. The molecule has 0 saturated carbocycles. The number of benzene rings is 1. The molecular weight excluding hydrogens is 211 g/mol. The van der Waals surface area contributed by atoms with E-state index in [0.717, 1.165) is 0 Å². The van der Waals surface area contributed by atoms with E-state index in [1.54, 1.807) is 19.1 Å². The van der Waals surface area contributed by atoms with Crippen LogP contribution in [0, 0.1) is 12.7 Å². The average molecular weight is 226 g/mol. The van der Waals surface area contributed by atoms with E-state index in [9.17, 15) is 9.18 Å². The highest BCUT2D eigenvalue weighted by atomic mass is 19.1. The molecule has 1 aromatic carbocycles. The van der Waals surface area contributed by atoms with Crippen LogP contribution in [0.3, 0.4) is 0 Å². The fourth-order valence-corrected chi connectivity index (χ4v) is 1.31. The van der Waals surface area contributed by atoms with E-state index in [1.165, 1.54) is 6.07 Å². The highest BCUT2D eigenvalue weighted by molar-refractivity contribution is 5.72. The zero-order valence-electron chi connectivity index (χ0n) is 9.37. The van der Waals surface area contributed by atoms with Gasteiger partial charge in [-0.3, -0.25) is 0 Å². The number of rotatable bonds is 5. The molecule has 1 rings (SSSR count). The number of halogens is 1. The highest BCUT2D eigenvalue weighted by Crippen LogP contribution is 2.18. The minimum atomic E-state index is -1.03. The zero-order chi connectivity index (χ0) is 12.1. The topological polar surface area (TPSA) is 46.5 Å². The van der Waals surface area contributed by atoms with Crippen LogP contribution in [0.25, 0.3) is 0 Å². The summed E-state index contributed by atoms with van der Waals surface area (Å²) in [6.45, 7) is 3.51. The predicted molar refractivity (Wildman–Crippen MR) is 58.1 cm³/mol. The summed E-state index contributed by atoms with van der Waals surface area (Å²) in [4.78, 5) is 10.8. The fourth-order valence-electron chi connectivity index (χ4n) is 1.31. The highest BCUT2D eigenvalue weighted by Gasteiger charge is 2.18. The van der Waals surface area contributed by atoms with E-state index in [0.29, 0.717) is 18.4 Å². The van der Waals surface area contributed by atoms with Gasteiger partial charge in [0, 0.05) is 6.07 Å². The molecule has 16 heavy (non-hydrogen) atoms. The number of aryl methyl sites for hydroxylation is 1. The lowest BCUT2D eigenvalue weighted by Gasteiger charge is -2.14. The van der Waals surface area contributed by atoms with Crippen LogP contribution in [0.2, 0.25) is 0 Å². The van der Waals surface area contributed by atoms with Gasteiger partial charge in [0.25, 0.3) is 0 Å². The molecule has 4 heteroatoms. The Morgan fingerprint density at radius 3 is 2.75 bits per heavy atom. The monoisotopic (exact) mass is 226 g/mol. The smallest absolute Gasteiger partial charge is 0.344 e. The van der Waals surface area contributed by atoms with E-state index in [-0.39, 0.29) is 5.75 Å². The number of carboxylic acids is 1. The molecule has 3 nitrogen and oxygen atoms in total. The van der Waals surface area contributed by atoms with Gasteiger partial charge in [-0.2, -0.15) is 0 Å². The number of ether oxygens (including phenoxy) is 1. The molecule has 1 unspecified atom stereocenters. The standard InChI is InChI=1S/C12H15FO3/c1-3-4-11(12(14)15)16-9-6-5-8(2)10(13)7-9/h5-7,11H,3-4H2,1-2H3,(H,14,15). The molecule has 0 amide bonds. The molecule has 0 bridgehead atoms. The fraction of sp³-hybridized carbons (Fsp3) is 0.417. The number of carboxylic acid groups (broad SMARTS) is 1. The lowest BCUT2D eigenvalue weighted by atomic mass is 10.2. The average Bonchev–Trinajstić information content (AvgIpc) is 2.22. The minimum Gasteiger partial charge on any atom is -0.479 e. The Morgan fingerprint density at radius 1 is 1.56 bits per heavy atom. The second-order valence-electron chi connectivity index (χ2n) is 3.64. The van der Waals surface area contributed by atoms with Crippen molar-refractivity contribution in [3.05, 3.63) is 29.6 Å². The summed E-state index contributed by atoms with van der Waals surface area (Å²) in [5.41, 5.74) is 0.509. The van der Waals surface area contributed by atoms with Crippen molar-refractivity contribution in [3.63, 3.8) is 0 Å². The Bertz CT molecular complexity index is 377. The maximum absolute atomic E-state index is 13.2. The molecule has 0 spiro atoms. The Kier molecular flexibility index (Phi) is 4.28. The molecule has 0 radical (unpaired) electrons.